The molecule has 0 heterocycles. The Bertz CT molecular complexity index is 785. The number of hydrogen-bond donors (Lipinski definition) is 2. The molecule has 0 amide bonds. The van der Waals surface area contributed by atoms with Gasteiger partial charge >= 0.3 is 54.8 Å². The average Bonchev–Trinajstić information content (AvgIpc) is 2.33. The van der Waals surface area contributed by atoms with Crippen molar-refractivity contribution in [2.24, 2.45) is 0 Å². The summed E-state index contributed by atoms with van der Waals surface area (Å²) in [6.45, 7) is 0. The molecule has 0 rings (SSSR count). The molecule has 0 aliphatic heterocycles. The zero-order valence-electron chi connectivity index (χ0n) is 11.3. The zero-order chi connectivity index (χ0) is 22.7. The molecule has 0 aliphatic rings. The highest BCUT2D eigenvalue weighted by atomic mass is 32.2. The highest BCUT2D eigenvalue weighted by Crippen LogP contribution is 2.56. The van der Waals surface area contributed by atoms with Crippen molar-refractivity contribution in [1.29, 1.82) is 0 Å². The highest BCUT2D eigenvalue weighted by molar-refractivity contribution is 7.87. The van der Waals surface area contributed by atoms with Crippen LogP contribution < -0.4 is 0 Å². The van der Waals surface area contributed by atoms with Gasteiger partial charge in [0.15, 0.2) is 0 Å². The second-order valence-corrected chi connectivity index (χ2v) is 7.19. The van der Waals surface area contributed by atoms with E-state index < -0.39 is 54.8 Å². The summed E-state index contributed by atoms with van der Waals surface area (Å²) < 4.78 is 210. The van der Waals surface area contributed by atoms with Crippen molar-refractivity contribution in [2.45, 2.75) is 34.6 Å². The van der Waals surface area contributed by atoms with E-state index >= 15 is 0 Å². The molecule has 0 atom stereocenters. The Morgan fingerprint density at radius 2 is 0.815 bits per heavy atom. The van der Waals surface area contributed by atoms with Gasteiger partial charge in [0, 0.05) is 0 Å². The zero-order valence-corrected chi connectivity index (χ0v) is 12.9. The number of halogens is 12. The summed E-state index contributed by atoms with van der Waals surface area (Å²) in [7, 11) is -15.0. The van der Waals surface area contributed by atoms with Crippen LogP contribution in [0.15, 0.2) is 0 Å². The number of rotatable bonds is 8. The van der Waals surface area contributed by atoms with Crippen LogP contribution in [0, 0.1) is 0 Å². The Labute approximate surface area is 139 Å². The molecule has 0 radical (unpaired) electrons. The molecule has 7 nitrogen and oxygen atoms in total. The molecular weight excluding hydrogens is 476 g/mol. The van der Waals surface area contributed by atoms with Gasteiger partial charge in [-0.3, -0.25) is 9.11 Å². The normalized spacial score (nSPS) is 16.5. The van der Waals surface area contributed by atoms with Crippen LogP contribution in [0.25, 0.3) is 0 Å². The fraction of sp³-hybridized carbons (Fsp3) is 1.00. The third-order valence-corrected chi connectivity index (χ3v) is 4.16. The lowest BCUT2D eigenvalue weighted by Crippen LogP contribution is -2.67. The monoisotopic (exact) mass is 478 g/mol. The Balaban J connectivity index is 6.38. The summed E-state index contributed by atoms with van der Waals surface area (Å²) >= 11 is 0. The largest absolute Gasteiger partial charge is 0.460 e. The first kappa shape index (κ1) is 25.9. The Morgan fingerprint density at radius 1 is 0.519 bits per heavy atom. The predicted octanol–water partition coefficient (Wildman–Crippen LogP) is 2.42. The maximum absolute atomic E-state index is 12.9. The van der Waals surface area contributed by atoms with E-state index in [1.54, 1.807) is 0 Å². The van der Waals surface area contributed by atoms with Crippen molar-refractivity contribution in [3.05, 3.63) is 0 Å². The van der Waals surface area contributed by atoms with E-state index in [2.05, 4.69) is 0 Å². The van der Waals surface area contributed by atoms with Crippen LogP contribution >= 0.6 is 0 Å². The molecule has 0 aromatic heterocycles. The predicted molar refractivity (Wildman–Crippen MR) is 53.9 cm³/mol. The van der Waals surface area contributed by atoms with Gasteiger partial charge in [0.2, 0.25) is 0 Å². The molecule has 0 aliphatic carbocycles. The van der Waals surface area contributed by atoms with Gasteiger partial charge < -0.3 is 0 Å². The molecule has 2 N–H and O–H groups in total. The minimum absolute atomic E-state index is 1.28. The summed E-state index contributed by atoms with van der Waals surface area (Å²) in [5.74, 6) is -16.1. The van der Waals surface area contributed by atoms with Crippen LogP contribution in [-0.2, 0) is 25.0 Å². The van der Waals surface area contributed by atoms with Crippen molar-refractivity contribution in [2.75, 3.05) is 0 Å². The van der Waals surface area contributed by atoms with Gasteiger partial charge in [-0.2, -0.15) is 69.5 Å². The summed E-state index contributed by atoms with van der Waals surface area (Å²) in [4.78, 5) is 0. The lowest BCUT2D eigenvalue weighted by molar-refractivity contribution is -0.484. The van der Waals surface area contributed by atoms with Gasteiger partial charge in [-0.15, -0.1) is 0 Å². The number of alkyl halides is 12. The first-order chi connectivity index (χ1) is 11.2. The summed E-state index contributed by atoms with van der Waals surface area (Å²) in [6, 6.07) is 0. The van der Waals surface area contributed by atoms with Gasteiger partial charge in [-0.05, 0) is 0 Å². The van der Waals surface area contributed by atoms with Crippen molar-refractivity contribution in [3.8, 4) is 0 Å². The maximum Gasteiger partial charge on any atom is 0.460 e. The van der Waals surface area contributed by atoms with E-state index in [-0.39, 0.29) is 0 Å². The quantitative estimate of drug-likeness (QED) is 0.407. The van der Waals surface area contributed by atoms with E-state index in [0.717, 1.165) is 0 Å². The molecule has 0 fully saturated rings. The fourth-order valence-corrected chi connectivity index (χ4v) is 1.76. The maximum atomic E-state index is 12.9. The minimum Gasteiger partial charge on any atom is -0.281 e. The van der Waals surface area contributed by atoms with Crippen LogP contribution in [0.5, 0.6) is 0 Å². The van der Waals surface area contributed by atoms with Gasteiger partial charge in [0.25, 0.3) is 0 Å². The Kier molecular flexibility index (Phi) is 5.98. The van der Waals surface area contributed by atoms with Crippen LogP contribution in [0.1, 0.15) is 0 Å². The van der Waals surface area contributed by atoms with E-state index in [4.69, 9.17) is 9.11 Å². The van der Waals surface area contributed by atoms with Crippen LogP contribution in [-0.4, -0.2) is 60.5 Å². The first-order valence-corrected chi connectivity index (χ1v) is 8.00. The van der Waals surface area contributed by atoms with Crippen molar-refractivity contribution < 1.29 is 83.4 Å². The lowest BCUT2D eigenvalue weighted by atomic mass is 10.1. The molecule has 0 saturated heterocycles. The standard InChI is InChI=1S/C6H2F12O7S2/c7-1(8,2(9,10)5(15,16)26(19,20)21)3(11,12)25-4(13,14)6(17,18)27(22,23)24/h(H,19,20,21)(H,22,23,24). The minimum atomic E-state index is -8.09. The van der Waals surface area contributed by atoms with Gasteiger partial charge in [0.05, 0.1) is 0 Å². The number of hydrogen-bond acceptors (Lipinski definition) is 5. The topological polar surface area (TPSA) is 118 Å². The Hall–Kier alpha value is -1.06. The molecule has 0 aromatic carbocycles. The summed E-state index contributed by atoms with van der Waals surface area (Å²) in [6.07, 6.45) is -15.3. The second-order valence-electron chi connectivity index (χ2n) is 4.27. The highest BCUT2D eigenvalue weighted by Gasteiger charge is 2.87. The lowest BCUT2D eigenvalue weighted by Gasteiger charge is -2.36. The van der Waals surface area contributed by atoms with Crippen molar-refractivity contribution >= 4 is 20.2 Å². The molecule has 0 spiro atoms. The van der Waals surface area contributed by atoms with E-state index in [0.29, 0.717) is 0 Å². The molecule has 0 bridgehead atoms. The molecule has 164 valence electrons. The molecule has 0 aromatic rings. The average molecular weight is 478 g/mol. The molecule has 0 unspecified atom stereocenters. The van der Waals surface area contributed by atoms with Gasteiger partial charge in [0.1, 0.15) is 0 Å². The smallest absolute Gasteiger partial charge is 0.281 e. The molecule has 21 heteroatoms. The van der Waals surface area contributed by atoms with Crippen molar-refractivity contribution in [1.82, 2.24) is 0 Å². The van der Waals surface area contributed by atoms with Crippen molar-refractivity contribution in [3.63, 3.8) is 0 Å². The fourth-order valence-electron chi connectivity index (χ4n) is 0.962. The molecule has 27 heavy (non-hydrogen) atoms. The number of ether oxygens (including phenoxy) is 1. The summed E-state index contributed by atoms with van der Waals surface area (Å²) in [5.41, 5.74) is 0. The van der Waals surface area contributed by atoms with E-state index in [1.165, 1.54) is 4.74 Å². The molecular formula is C6H2F12O7S2. The third kappa shape index (κ3) is 3.78. The SMILES string of the molecule is O=S(=O)(O)C(F)(F)C(F)(F)OC(F)(F)C(F)(F)C(F)(F)C(F)(F)S(=O)(=O)O. The van der Waals surface area contributed by atoms with E-state index in [1.807, 2.05) is 0 Å². The third-order valence-electron chi connectivity index (χ3n) is 2.37. The van der Waals surface area contributed by atoms with Crippen LogP contribution in [0.2, 0.25) is 0 Å². The van der Waals surface area contributed by atoms with Crippen LogP contribution in [0.4, 0.5) is 52.7 Å². The summed E-state index contributed by atoms with van der Waals surface area (Å²) in [5, 5.41) is -14.7. The second kappa shape index (κ2) is 6.22. The van der Waals surface area contributed by atoms with E-state index in [9.17, 15) is 69.5 Å². The Morgan fingerprint density at radius 3 is 1.07 bits per heavy atom. The van der Waals surface area contributed by atoms with Crippen LogP contribution in [0.3, 0.4) is 0 Å². The van der Waals surface area contributed by atoms with Gasteiger partial charge in [-0.25, -0.2) is 4.74 Å². The van der Waals surface area contributed by atoms with Gasteiger partial charge in [-0.1, -0.05) is 0 Å². The first-order valence-electron chi connectivity index (χ1n) is 5.12. The molecule has 0 saturated carbocycles.